The van der Waals surface area contributed by atoms with Crippen molar-refractivity contribution in [1.82, 2.24) is 29.9 Å². The molecule has 3 heterocycles. The molecule has 1 atom stereocenters. The van der Waals surface area contributed by atoms with E-state index in [9.17, 15) is 10.2 Å². The van der Waals surface area contributed by atoms with E-state index in [4.69, 9.17) is 10.3 Å². The molecule has 1 aromatic carbocycles. The molecule has 4 rings (SSSR count). The van der Waals surface area contributed by atoms with Crippen LogP contribution in [0.25, 0.3) is 16.7 Å². The number of fused-ring (bicyclic) bond motifs is 1. The average Bonchev–Trinajstić information content (AvgIpc) is 3.30. The number of hydrogen-bond acceptors (Lipinski definition) is 9. The lowest BCUT2D eigenvalue weighted by Crippen LogP contribution is -2.20. The third-order valence-corrected chi connectivity index (χ3v) is 4.55. The molecule has 0 fully saturated rings. The van der Waals surface area contributed by atoms with Crippen molar-refractivity contribution in [2.24, 2.45) is 0 Å². The van der Waals surface area contributed by atoms with Gasteiger partial charge in [-0.2, -0.15) is 15.1 Å². The first-order valence-electron chi connectivity index (χ1n) is 9.45. The van der Waals surface area contributed by atoms with Gasteiger partial charge < -0.3 is 20.5 Å². The highest BCUT2D eigenvalue weighted by atomic mass is 16.5. The predicted octanol–water partition coefficient (Wildman–Crippen LogP) is 1.58. The molecule has 0 aliphatic heterocycles. The smallest absolute Gasteiger partial charge is 0.223 e. The number of aromatic nitrogens is 6. The number of aliphatic hydroxyl groups is 2. The number of anilines is 1. The minimum Gasteiger partial charge on any atom is -0.384 e. The highest BCUT2D eigenvalue weighted by Crippen LogP contribution is 2.30. The zero-order valence-corrected chi connectivity index (χ0v) is 17.5. The van der Waals surface area contributed by atoms with Crippen LogP contribution >= 0.6 is 0 Å². The fraction of sp³-hybridized carbons (Fsp3) is 0.286. The van der Waals surface area contributed by atoms with Crippen LogP contribution in [-0.4, -0.2) is 40.1 Å². The van der Waals surface area contributed by atoms with E-state index >= 15 is 0 Å². The Morgan fingerprint density at radius 3 is 2.55 bits per heavy atom. The molecule has 1 unspecified atom stereocenters. The molecular formula is C21H21N7O3. The number of nitrogens with two attached hydrogens (primary N) is 1. The Morgan fingerprint density at radius 2 is 1.90 bits per heavy atom. The summed E-state index contributed by atoms with van der Waals surface area (Å²) >= 11 is 0. The van der Waals surface area contributed by atoms with Gasteiger partial charge in [-0.25, -0.2) is 9.67 Å². The molecular weight excluding hydrogens is 398 g/mol. The van der Waals surface area contributed by atoms with Gasteiger partial charge in [0.15, 0.2) is 11.4 Å². The molecule has 10 heteroatoms. The summed E-state index contributed by atoms with van der Waals surface area (Å²) in [5.41, 5.74) is 4.71. The molecule has 0 amide bonds. The first-order valence-corrected chi connectivity index (χ1v) is 9.45. The van der Waals surface area contributed by atoms with Crippen LogP contribution in [0.2, 0.25) is 0 Å². The van der Waals surface area contributed by atoms with Gasteiger partial charge in [0.05, 0.1) is 5.52 Å². The van der Waals surface area contributed by atoms with E-state index in [2.05, 4.69) is 37.0 Å². The van der Waals surface area contributed by atoms with Crippen LogP contribution in [0.4, 0.5) is 5.95 Å². The van der Waals surface area contributed by atoms with E-state index in [1.165, 1.54) is 13.1 Å². The molecule has 0 saturated heterocycles. The van der Waals surface area contributed by atoms with Crippen LogP contribution in [0.5, 0.6) is 0 Å². The first kappa shape index (κ1) is 20.5. The molecule has 0 aliphatic rings. The Kier molecular flexibility index (Phi) is 4.72. The van der Waals surface area contributed by atoms with E-state index in [0.717, 1.165) is 5.39 Å². The fourth-order valence-corrected chi connectivity index (χ4v) is 3.05. The van der Waals surface area contributed by atoms with Gasteiger partial charge in [-0.15, -0.1) is 0 Å². The second kappa shape index (κ2) is 7.16. The van der Waals surface area contributed by atoms with Crippen molar-refractivity contribution < 1.29 is 14.7 Å². The second-order valence-electron chi connectivity index (χ2n) is 7.78. The highest BCUT2D eigenvalue weighted by Gasteiger charge is 2.27. The summed E-state index contributed by atoms with van der Waals surface area (Å²) in [7, 11) is 0. The minimum atomic E-state index is -1.59. The average molecular weight is 419 g/mol. The highest BCUT2D eigenvalue weighted by molar-refractivity contribution is 5.85. The molecule has 10 nitrogen and oxygen atoms in total. The van der Waals surface area contributed by atoms with Crippen LogP contribution in [-0.2, 0) is 11.2 Å². The van der Waals surface area contributed by atoms with E-state index in [0.29, 0.717) is 28.5 Å². The lowest BCUT2D eigenvalue weighted by molar-refractivity contribution is 0.0749. The maximum absolute atomic E-state index is 10.6. The van der Waals surface area contributed by atoms with Crippen LogP contribution in [0.3, 0.4) is 0 Å². The van der Waals surface area contributed by atoms with Gasteiger partial charge in [-0.1, -0.05) is 17.0 Å². The van der Waals surface area contributed by atoms with Crippen LogP contribution < -0.4 is 5.73 Å². The van der Waals surface area contributed by atoms with Crippen LogP contribution in [0, 0.1) is 18.8 Å². The Labute approximate surface area is 177 Å². The molecule has 0 radical (unpaired) electrons. The molecule has 0 spiro atoms. The summed E-state index contributed by atoms with van der Waals surface area (Å²) in [6, 6.07) is 7.05. The van der Waals surface area contributed by atoms with Gasteiger partial charge in [0.25, 0.3) is 0 Å². The van der Waals surface area contributed by atoms with Crippen LogP contribution in [0.15, 0.2) is 35.0 Å². The number of rotatable bonds is 3. The summed E-state index contributed by atoms with van der Waals surface area (Å²) in [4.78, 5) is 12.2. The lowest BCUT2D eigenvalue weighted by atomic mass is 10.0. The summed E-state index contributed by atoms with van der Waals surface area (Å²) < 4.78 is 6.50. The first-order chi connectivity index (χ1) is 14.5. The monoisotopic (exact) mass is 419 g/mol. The van der Waals surface area contributed by atoms with Gasteiger partial charge in [0, 0.05) is 30.1 Å². The Bertz CT molecular complexity index is 1340. The maximum atomic E-state index is 10.6. The summed E-state index contributed by atoms with van der Waals surface area (Å²) in [6.07, 6.45) is 1.53. The van der Waals surface area contributed by atoms with Gasteiger partial charge in [0.2, 0.25) is 17.7 Å². The van der Waals surface area contributed by atoms with E-state index < -0.39 is 11.2 Å². The second-order valence-corrected chi connectivity index (χ2v) is 7.78. The fourth-order valence-electron chi connectivity index (χ4n) is 3.05. The molecule has 4 N–H and O–H groups in total. The van der Waals surface area contributed by atoms with E-state index in [-0.39, 0.29) is 11.8 Å². The zero-order chi connectivity index (χ0) is 22.4. The van der Waals surface area contributed by atoms with Crippen molar-refractivity contribution in [3.63, 3.8) is 0 Å². The maximum Gasteiger partial charge on any atom is 0.223 e. The number of nitrogens with zero attached hydrogens (tertiary/aromatic N) is 6. The third-order valence-electron chi connectivity index (χ3n) is 4.55. The number of aryl methyl sites for hydroxylation is 1. The molecule has 0 aliphatic carbocycles. The van der Waals surface area contributed by atoms with Gasteiger partial charge in [-0.05, 0) is 39.0 Å². The van der Waals surface area contributed by atoms with Crippen molar-refractivity contribution in [1.29, 1.82) is 0 Å². The SMILES string of the molecule is Cc1nc(C(C)(O)C#Cc2ccc3c(C(C)(C)O)nn(-c4ccnc(N)n4)c3c2)no1. The Hall–Kier alpha value is -3.81. The van der Waals surface area contributed by atoms with Gasteiger partial charge in [0.1, 0.15) is 11.3 Å². The third kappa shape index (κ3) is 3.96. The van der Waals surface area contributed by atoms with Crippen molar-refractivity contribution in [2.75, 3.05) is 5.73 Å². The minimum absolute atomic E-state index is 0.0874. The Balaban J connectivity index is 1.84. The van der Waals surface area contributed by atoms with Crippen molar-refractivity contribution >= 4 is 16.9 Å². The van der Waals surface area contributed by atoms with Crippen molar-refractivity contribution in [3.8, 4) is 17.7 Å². The quantitative estimate of drug-likeness (QED) is 0.421. The summed E-state index contributed by atoms with van der Waals surface area (Å²) in [5, 5.41) is 30.2. The molecule has 31 heavy (non-hydrogen) atoms. The lowest BCUT2D eigenvalue weighted by Gasteiger charge is -2.14. The number of benzene rings is 1. The van der Waals surface area contributed by atoms with Gasteiger partial charge >= 0.3 is 0 Å². The van der Waals surface area contributed by atoms with Crippen molar-refractivity contribution in [2.45, 2.75) is 38.9 Å². The summed E-state index contributed by atoms with van der Waals surface area (Å²) in [5.74, 6) is 6.69. The molecule has 0 bridgehead atoms. The predicted molar refractivity (Wildman–Crippen MR) is 112 cm³/mol. The Morgan fingerprint density at radius 1 is 1.13 bits per heavy atom. The zero-order valence-electron chi connectivity index (χ0n) is 17.5. The van der Waals surface area contributed by atoms with Crippen LogP contribution in [0.1, 0.15) is 43.7 Å². The van der Waals surface area contributed by atoms with Gasteiger partial charge in [-0.3, -0.25) is 0 Å². The molecule has 0 saturated carbocycles. The standard InChI is InChI=1S/C21H21N7O3/c1-12-24-18(27-31-12)21(4,30)9-7-13-5-6-14-15(11-13)28(26-17(14)20(2,3)29)16-8-10-23-19(22)25-16/h5-6,8,10-11,29-30H,1-4H3,(H2,22,23,25). The molecule has 158 valence electrons. The topological polar surface area (TPSA) is 149 Å². The number of hydrogen-bond donors (Lipinski definition) is 3. The largest absolute Gasteiger partial charge is 0.384 e. The molecule has 4 aromatic rings. The molecule has 3 aromatic heterocycles. The van der Waals surface area contributed by atoms with E-state index in [1.54, 1.807) is 43.7 Å². The summed E-state index contributed by atoms with van der Waals surface area (Å²) in [6.45, 7) is 6.44. The normalized spacial score (nSPS) is 13.6. The number of nitrogen functional groups attached to an aromatic ring is 1. The van der Waals surface area contributed by atoms with E-state index in [1.807, 2.05) is 6.07 Å². The van der Waals surface area contributed by atoms with Crippen molar-refractivity contribution in [3.05, 3.63) is 53.4 Å².